The van der Waals surface area contributed by atoms with Crippen LogP contribution in [-0.2, 0) is 4.74 Å². The van der Waals surface area contributed by atoms with E-state index >= 15 is 0 Å². The summed E-state index contributed by atoms with van der Waals surface area (Å²) < 4.78 is 15.8. The van der Waals surface area contributed by atoms with Gasteiger partial charge in [-0.2, -0.15) is 0 Å². The Morgan fingerprint density at radius 3 is 2.64 bits per heavy atom. The molecule has 0 amide bonds. The molecule has 0 radical (unpaired) electrons. The van der Waals surface area contributed by atoms with E-state index in [1.807, 2.05) is 18.2 Å². The molecule has 0 fully saturated rings. The number of nitrogens with one attached hydrogen (secondary N) is 1. The molecule has 3 aromatic rings. The molecular formula is C20H20BrClN2O4. The number of hydrogen-bond donors (Lipinski definition) is 1. The summed E-state index contributed by atoms with van der Waals surface area (Å²) in [6.07, 6.45) is 1.47. The van der Waals surface area contributed by atoms with Gasteiger partial charge in [0.15, 0.2) is 0 Å². The number of carbonyl (C=O) groups excluding carboxylic acids is 1. The van der Waals surface area contributed by atoms with Gasteiger partial charge in [0.2, 0.25) is 0 Å². The molecule has 0 aliphatic rings. The van der Waals surface area contributed by atoms with E-state index in [4.69, 9.17) is 25.8 Å². The lowest BCUT2D eigenvalue weighted by molar-refractivity contribution is 0.0527. The summed E-state index contributed by atoms with van der Waals surface area (Å²) in [5, 5.41) is 4.43. The fraction of sp³-hybridized carbons (Fsp3) is 0.200. The zero-order chi connectivity index (χ0) is 19.4. The van der Waals surface area contributed by atoms with Gasteiger partial charge in [0.1, 0.15) is 22.6 Å². The number of hydrogen-bond acceptors (Lipinski definition) is 6. The molecule has 0 aliphatic heterocycles. The first-order valence-corrected chi connectivity index (χ1v) is 8.70. The molecule has 1 N–H and O–H groups in total. The molecule has 6 nitrogen and oxygen atoms in total. The predicted octanol–water partition coefficient (Wildman–Crippen LogP) is 5.40. The first kappa shape index (κ1) is 21.8. The van der Waals surface area contributed by atoms with Crippen LogP contribution in [-0.4, -0.2) is 31.8 Å². The van der Waals surface area contributed by atoms with Crippen molar-refractivity contribution in [3.8, 4) is 11.5 Å². The average molecular weight is 468 g/mol. The van der Waals surface area contributed by atoms with Crippen LogP contribution in [0.4, 0.5) is 11.4 Å². The van der Waals surface area contributed by atoms with Gasteiger partial charge in [-0.3, -0.25) is 4.98 Å². The number of pyridine rings is 1. The Morgan fingerprint density at radius 2 is 1.96 bits per heavy atom. The van der Waals surface area contributed by atoms with Crippen molar-refractivity contribution in [3.63, 3.8) is 0 Å². The van der Waals surface area contributed by atoms with Crippen molar-refractivity contribution in [2.24, 2.45) is 0 Å². The van der Waals surface area contributed by atoms with Crippen molar-refractivity contribution in [2.45, 2.75) is 6.92 Å². The minimum Gasteiger partial charge on any atom is -0.497 e. The second-order valence-electron chi connectivity index (χ2n) is 5.59. The number of rotatable bonds is 6. The van der Waals surface area contributed by atoms with Crippen molar-refractivity contribution < 1.29 is 19.0 Å². The maximum Gasteiger partial charge on any atom is 0.341 e. The summed E-state index contributed by atoms with van der Waals surface area (Å²) in [7, 11) is 3.14. The minimum atomic E-state index is -0.476. The van der Waals surface area contributed by atoms with Gasteiger partial charge in [-0.15, -0.1) is 17.0 Å². The van der Waals surface area contributed by atoms with Gasteiger partial charge >= 0.3 is 5.97 Å². The first-order chi connectivity index (χ1) is 13.1. The molecule has 8 heteroatoms. The summed E-state index contributed by atoms with van der Waals surface area (Å²) in [5.41, 5.74) is 2.05. The second-order valence-corrected chi connectivity index (χ2v) is 6.00. The molecule has 0 aliphatic carbocycles. The Bertz CT molecular complexity index is 997. The molecule has 0 spiro atoms. The second kappa shape index (κ2) is 9.61. The summed E-state index contributed by atoms with van der Waals surface area (Å²) in [6, 6.07) is 10.7. The topological polar surface area (TPSA) is 69.7 Å². The third kappa shape index (κ3) is 4.31. The minimum absolute atomic E-state index is 0. The first-order valence-electron chi connectivity index (χ1n) is 8.32. The summed E-state index contributed by atoms with van der Waals surface area (Å²) in [6.45, 7) is 2.01. The van der Waals surface area contributed by atoms with Crippen molar-refractivity contribution in [1.82, 2.24) is 4.98 Å². The van der Waals surface area contributed by atoms with Crippen LogP contribution in [0.3, 0.4) is 0 Å². The highest BCUT2D eigenvalue weighted by molar-refractivity contribution is 8.93. The number of halogens is 2. The number of esters is 1. The number of aromatic nitrogens is 1. The molecule has 0 bridgehead atoms. The highest BCUT2D eigenvalue weighted by atomic mass is 79.9. The lowest BCUT2D eigenvalue weighted by Gasteiger charge is -2.16. The van der Waals surface area contributed by atoms with Gasteiger partial charge in [-0.05, 0) is 25.1 Å². The number of nitrogens with zero attached hydrogens (tertiary/aromatic N) is 1. The van der Waals surface area contributed by atoms with Crippen LogP contribution in [0.15, 0.2) is 42.6 Å². The van der Waals surface area contributed by atoms with Gasteiger partial charge in [0, 0.05) is 17.6 Å². The fourth-order valence-electron chi connectivity index (χ4n) is 2.72. The average Bonchev–Trinajstić information content (AvgIpc) is 2.69. The zero-order valence-corrected chi connectivity index (χ0v) is 18.1. The quantitative estimate of drug-likeness (QED) is 0.489. The fourth-order valence-corrected chi connectivity index (χ4v) is 2.89. The molecule has 2 aromatic carbocycles. The number of carbonyl (C=O) groups is 1. The van der Waals surface area contributed by atoms with E-state index in [9.17, 15) is 4.79 Å². The zero-order valence-electron chi connectivity index (χ0n) is 15.6. The van der Waals surface area contributed by atoms with Crippen LogP contribution in [0.25, 0.3) is 10.9 Å². The highest BCUT2D eigenvalue weighted by Crippen LogP contribution is 2.36. The van der Waals surface area contributed by atoms with Crippen LogP contribution in [0.2, 0.25) is 5.02 Å². The van der Waals surface area contributed by atoms with Crippen molar-refractivity contribution in [2.75, 3.05) is 26.1 Å². The van der Waals surface area contributed by atoms with Gasteiger partial charge in [-0.25, -0.2) is 4.79 Å². The van der Waals surface area contributed by atoms with Gasteiger partial charge in [0.25, 0.3) is 0 Å². The molecule has 28 heavy (non-hydrogen) atoms. The smallest absolute Gasteiger partial charge is 0.341 e. The SMILES string of the molecule is Br.CCOC(=O)c1cnc2c(OC)cccc2c1Nc1cc(OC)ccc1Cl. The molecule has 1 heterocycles. The Hall–Kier alpha value is -2.51. The monoisotopic (exact) mass is 466 g/mol. The largest absolute Gasteiger partial charge is 0.497 e. The maximum atomic E-state index is 12.5. The molecule has 0 saturated heterocycles. The predicted molar refractivity (Wildman–Crippen MR) is 116 cm³/mol. The van der Waals surface area contributed by atoms with Gasteiger partial charge < -0.3 is 19.5 Å². The van der Waals surface area contributed by atoms with E-state index < -0.39 is 5.97 Å². The third-order valence-corrected chi connectivity index (χ3v) is 4.34. The van der Waals surface area contributed by atoms with Crippen molar-refractivity contribution in [1.29, 1.82) is 0 Å². The molecule has 0 saturated carbocycles. The number of benzene rings is 2. The van der Waals surface area contributed by atoms with E-state index in [0.29, 0.717) is 44.4 Å². The number of ether oxygens (including phenoxy) is 3. The molecular weight excluding hydrogens is 448 g/mol. The number of anilines is 2. The lowest BCUT2D eigenvalue weighted by atomic mass is 10.1. The van der Waals surface area contributed by atoms with E-state index in [0.717, 1.165) is 0 Å². The van der Waals surface area contributed by atoms with E-state index in [1.54, 1.807) is 39.3 Å². The van der Waals surface area contributed by atoms with Crippen LogP contribution < -0.4 is 14.8 Å². The molecule has 3 rings (SSSR count). The highest BCUT2D eigenvalue weighted by Gasteiger charge is 2.19. The van der Waals surface area contributed by atoms with Crippen LogP contribution in [0, 0.1) is 0 Å². The molecule has 0 atom stereocenters. The van der Waals surface area contributed by atoms with Crippen molar-refractivity contribution in [3.05, 3.63) is 53.2 Å². The Labute approximate surface area is 178 Å². The molecule has 0 unspecified atom stereocenters. The standard InChI is InChI=1S/C20H19ClN2O4.BrH/c1-4-27-20(24)14-11-22-19-13(6-5-7-17(19)26-3)18(14)23-16-10-12(25-2)8-9-15(16)21;/h5-11H,4H2,1-3H3,(H,22,23);1H. The van der Waals surface area contributed by atoms with Gasteiger partial charge in [-0.1, -0.05) is 23.7 Å². The normalized spacial score (nSPS) is 10.1. The van der Waals surface area contributed by atoms with E-state index in [2.05, 4.69) is 10.3 Å². The molecule has 1 aromatic heterocycles. The Balaban J connectivity index is 0.00000280. The van der Waals surface area contributed by atoms with E-state index in [-0.39, 0.29) is 23.6 Å². The summed E-state index contributed by atoms with van der Waals surface area (Å²) >= 11 is 6.33. The summed E-state index contributed by atoms with van der Waals surface area (Å²) in [4.78, 5) is 16.9. The van der Waals surface area contributed by atoms with E-state index in [1.165, 1.54) is 6.20 Å². The number of methoxy groups -OCH3 is 2. The van der Waals surface area contributed by atoms with Crippen molar-refractivity contribution >= 4 is 56.8 Å². The Morgan fingerprint density at radius 1 is 1.18 bits per heavy atom. The van der Waals surface area contributed by atoms with Crippen LogP contribution >= 0.6 is 28.6 Å². The number of para-hydroxylation sites is 1. The number of fused-ring (bicyclic) bond motifs is 1. The molecule has 148 valence electrons. The lowest BCUT2D eigenvalue weighted by Crippen LogP contribution is -2.09. The van der Waals surface area contributed by atoms with Crippen LogP contribution in [0.1, 0.15) is 17.3 Å². The third-order valence-electron chi connectivity index (χ3n) is 4.01. The van der Waals surface area contributed by atoms with Crippen LogP contribution in [0.5, 0.6) is 11.5 Å². The Kier molecular flexibility index (Phi) is 7.48. The van der Waals surface area contributed by atoms with Gasteiger partial charge in [0.05, 0.1) is 37.2 Å². The maximum absolute atomic E-state index is 12.5. The summed E-state index contributed by atoms with van der Waals surface area (Å²) in [5.74, 6) is 0.759.